The lowest BCUT2D eigenvalue weighted by atomic mass is 9.70. The first-order valence-corrected chi connectivity index (χ1v) is 7.62. The molecule has 1 aliphatic carbocycles. The molecule has 1 aromatic rings. The van der Waals surface area contributed by atoms with Gasteiger partial charge in [0.25, 0.3) is 0 Å². The van der Waals surface area contributed by atoms with Gasteiger partial charge in [-0.05, 0) is 56.2 Å². The minimum atomic E-state index is -0.549. The quantitative estimate of drug-likeness (QED) is 0.878. The van der Waals surface area contributed by atoms with Crippen LogP contribution in [-0.2, 0) is 4.74 Å². The molecule has 0 radical (unpaired) electrons. The third-order valence-electron chi connectivity index (χ3n) is 4.52. The first-order valence-electron chi connectivity index (χ1n) is 6.87. The van der Waals surface area contributed by atoms with E-state index in [-0.39, 0.29) is 11.5 Å². The summed E-state index contributed by atoms with van der Waals surface area (Å²) >= 11 is 12.2. The number of hydrogen-bond donors (Lipinski definition) is 1. The molecule has 1 spiro atoms. The molecule has 1 aromatic carbocycles. The van der Waals surface area contributed by atoms with E-state index in [2.05, 4.69) is 0 Å². The SMILES string of the molecule is OC(c1cc(Cl)ccc1Cl)C1CCOC2(CCC2)C1. The van der Waals surface area contributed by atoms with Crippen LogP contribution in [-0.4, -0.2) is 17.3 Å². The van der Waals surface area contributed by atoms with Crippen molar-refractivity contribution in [2.45, 2.75) is 43.8 Å². The van der Waals surface area contributed by atoms with Gasteiger partial charge in [0.1, 0.15) is 0 Å². The summed E-state index contributed by atoms with van der Waals surface area (Å²) in [5.41, 5.74) is 0.783. The zero-order valence-electron chi connectivity index (χ0n) is 10.7. The Hall–Kier alpha value is -0.280. The predicted molar refractivity (Wildman–Crippen MR) is 76.7 cm³/mol. The molecule has 1 heterocycles. The molecule has 1 saturated heterocycles. The van der Waals surface area contributed by atoms with E-state index in [0.29, 0.717) is 10.0 Å². The average molecular weight is 301 g/mol. The zero-order valence-corrected chi connectivity index (χ0v) is 12.3. The maximum atomic E-state index is 10.6. The molecule has 0 aromatic heterocycles. The Morgan fingerprint density at radius 3 is 2.79 bits per heavy atom. The highest BCUT2D eigenvalue weighted by molar-refractivity contribution is 6.33. The minimum Gasteiger partial charge on any atom is -0.388 e. The van der Waals surface area contributed by atoms with Crippen LogP contribution in [0.5, 0.6) is 0 Å². The Morgan fingerprint density at radius 1 is 1.32 bits per heavy atom. The van der Waals surface area contributed by atoms with Gasteiger partial charge in [-0.1, -0.05) is 23.2 Å². The number of halogens is 2. The Bertz CT molecular complexity index is 471. The van der Waals surface area contributed by atoms with E-state index in [9.17, 15) is 5.11 Å². The van der Waals surface area contributed by atoms with Gasteiger partial charge in [0.2, 0.25) is 0 Å². The van der Waals surface area contributed by atoms with E-state index in [4.69, 9.17) is 27.9 Å². The smallest absolute Gasteiger partial charge is 0.0835 e. The van der Waals surface area contributed by atoms with Crippen LogP contribution in [0.2, 0.25) is 10.0 Å². The maximum Gasteiger partial charge on any atom is 0.0835 e. The van der Waals surface area contributed by atoms with Crippen LogP contribution in [0.1, 0.15) is 43.8 Å². The third kappa shape index (κ3) is 2.64. The Balaban J connectivity index is 1.79. The highest BCUT2D eigenvalue weighted by Crippen LogP contribution is 2.47. The Kier molecular flexibility index (Phi) is 3.78. The highest BCUT2D eigenvalue weighted by atomic mass is 35.5. The van der Waals surface area contributed by atoms with Crippen molar-refractivity contribution < 1.29 is 9.84 Å². The fourth-order valence-electron chi connectivity index (χ4n) is 3.25. The number of aliphatic hydroxyl groups excluding tert-OH is 1. The van der Waals surface area contributed by atoms with Gasteiger partial charge in [0, 0.05) is 22.2 Å². The first kappa shape index (κ1) is 13.7. The average Bonchev–Trinajstić information content (AvgIpc) is 2.39. The summed E-state index contributed by atoms with van der Waals surface area (Å²) in [5, 5.41) is 11.8. The van der Waals surface area contributed by atoms with Crippen LogP contribution >= 0.6 is 23.2 Å². The molecule has 0 amide bonds. The van der Waals surface area contributed by atoms with Crippen molar-refractivity contribution in [3.8, 4) is 0 Å². The van der Waals surface area contributed by atoms with Gasteiger partial charge < -0.3 is 9.84 Å². The van der Waals surface area contributed by atoms with E-state index < -0.39 is 6.10 Å². The molecule has 1 aliphatic heterocycles. The van der Waals surface area contributed by atoms with Gasteiger partial charge in [-0.15, -0.1) is 0 Å². The van der Waals surface area contributed by atoms with E-state index >= 15 is 0 Å². The fraction of sp³-hybridized carbons (Fsp3) is 0.600. The molecule has 1 N–H and O–H groups in total. The fourth-order valence-corrected chi connectivity index (χ4v) is 3.66. The maximum absolute atomic E-state index is 10.6. The van der Waals surface area contributed by atoms with Crippen LogP contribution in [0.4, 0.5) is 0 Å². The molecule has 104 valence electrons. The normalized spacial score (nSPS) is 27.0. The summed E-state index contributed by atoms with van der Waals surface area (Å²) in [7, 11) is 0. The molecule has 19 heavy (non-hydrogen) atoms. The summed E-state index contributed by atoms with van der Waals surface area (Å²) in [6.45, 7) is 0.736. The zero-order chi connectivity index (χ0) is 13.5. The number of aliphatic hydroxyl groups is 1. The van der Waals surface area contributed by atoms with E-state index in [1.807, 2.05) is 0 Å². The van der Waals surface area contributed by atoms with Crippen LogP contribution < -0.4 is 0 Å². The molecule has 2 aliphatic rings. The summed E-state index contributed by atoms with van der Waals surface area (Å²) in [4.78, 5) is 0. The molecular weight excluding hydrogens is 283 g/mol. The van der Waals surface area contributed by atoms with Crippen molar-refractivity contribution in [3.05, 3.63) is 33.8 Å². The lowest BCUT2D eigenvalue weighted by Crippen LogP contribution is -2.46. The second kappa shape index (κ2) is 5.25. The second-order valence-corrected chi connectivity index (χ2v) is 6.59. The van der Waals surface area contributed by atoms with Crippen molar-refractivity contribution in [3.63, 3.8) is 0 Å². The monoisotopic (exact) mass is 300 g/mol. The van der Waals surface area contributed by atoms with Gasteiger partial charge in [-0.3, -0.25) is 0 Å². The summed E-state index contributed by atoms with van der Waals surface area (Å²) in [5.74, 6) is 0.213. The van der Waals surface area contributed by atoms with E-state index in [1.165, 1.54) is 6.42 Å². The molecule has 2 atom stereocenters. The number of rotatable bonds is 2. The van der Waals surface area contributed by atoms with Crippen LogP contribution in [0, 0.1) is 5.92 Å². The lowest BCUT2D eigenvalue weighted by molar-refractivity contribution is -0.157. The number of ether oxygens (including phenoxy) is 1. The standard InChI is InChI=1S/C15H18Cl2O2/c16-11-2-3-13(17)12(8-11)14(18)10-4-7-19-15(9-10)5-1-6-15/h2-3,8,10,14,18H,1,4-7,9H2. The first-order chi connectivity index (χ1) is 9.10. The van der Waals surface area contributed by atoms with Crippen LogP contribution in [0.15, 0.2) is 18.2 Å². The van der Waals surface area contributed by atoms with Gasteiger partial charge in [-0.2, -0.15) is 0 Å². The number of benzene rings is 1. The van der Waals surface area contributed by atoms with Crippen molar-refractivity contribution >= 4 is 23.2 Å². The highest BCUT2D eigenvalue weighted by Gasteiger charge is 2.44. The van der Waals surface area contributed by atoms with E-state index in [1.54, 1.807) is 18.2 Å². The third-order valence-corrected chi connectivity index (χ3v) is 5.10. The molecular formula is C15H18Cl2O2. The molecule has 2 unspecified atom stereocenters. The summed E-state index contributed by atoms with van der Waals surface area (Å²) in [6, 6.07) is 5.27. The molecule has 3 rings (SSSR count). The topological polar surface area (TPSA) is 29.5 Å². The minimum absolute atomic E-state index is 0.0367. The Labute approximate surface area is 123 Å². The van der Waals surface area contributed by atoms with Gasteiger partial charge in [0.15, 0.2) is 0 Å². The molecule has 2 nitrogen and oxygen atoms in total. The van der Waals surface area contributed by atoms with Gasteiger partial charge in [-0.25, -0.2) is 0 Å². The van der Waals surface area contributed by atoms with Crippen LogP contribution in [0.25, 0.3) is 0 Å². The van der Waals surface area contributed by atoms with Gasteiger partial charge in [0.05, 0.1) is 11.7 Å². The summed E-state index contributed by atoms with van der Waals surface area (Å²) in [6.07, 6.45) is 4.75. The second-order valence-electron chi connectivity index (χ2n) is 5.75. The molecule has 2 fully saturated rings. The van der Waals surface area contributed by atoms with Crippen LogP contribution in [0.3, 0.4) is 0 Å². The predicted octanol–water partition coefficient (Wildman–Crippen LogP) is 4.38. The molecule has 4 heteroatoms. The van der Waals surface area contributed by atoms with Crippen molar-refractivity contribution in [2.75, 3.05) is 6.61 Å². The summed E-state index contributed by atoms with van der Waals surface area (Å²) < 4.78 is 5.90. The van der Waals surface area contributed by atoms with Gasteiger partial charge >= 0.3 is 0 Å². The van der Waals surface area contributed by atoms with Crippen molar-refractivity contribution in [1.82, 2.24) is 0 Å². The lowest BCUT2D eigenvalue weighted by Gasteiger charge is -2.48. The molecule has 1 saturated carbocycles. The van der Waals surface area contributed by atoms with Crippen molar-refractivity contribution in [1.29, 1.82) is 0 Å². The Morgan fingerprint density at radius 2 is 2.11 bits per heavy atom. The van der Waals surface area contributed by atoms with E-state index in [0.717, 1.165) is 37.9 Å². The number of hydrogen-bond acceptors (Lipinski definition) is 2. The largest absolute Gasteiger partial charge is 0.388 e. The molecule has 0 bridgehead atoms. The van der Waals surface area contributed by atoms with Crippen molar-refractivity contribution in [2.24, 2.45) is 5.92 Å².